The Balaban J connectivity index is 1.69. The number of hydrogen-bond acceptors (Lipinski definition) is 8. The van der Waals surface area contributed by atoms with Crippen LogP contribution in [0.5, 0.6) is 23.0 Å². The summed E-state index contributed by atoms with van der Waals surface area (Å²) >= 11 is 0. The smallest absolute Gasteiger partial charge is 0.187 e. The zero-order valence-corrected chi connectivity index (χ0v) is 22.3. The van der Waals surface area contributed by atoms with Crippen LogP contribution in [-0.2, 0) is 11.2 Å². The zero-order valence-electron chi connectivity index (χ0n) is 22.3. The Morgan fingerprint density at radius 3 is 2.20 bits per heavy atom. The number of methoxy groups -OCH3 is 3. The van der Waals surface area contributed by atoms with Crippen molar-refractivity contribution in [3.63, 3.8) is 0 Å². The molecule has 40 heavy (non-hydrogen) atoms. The predicted octanol–water partition coefficient (Wildman–Crippen LogP) is 4.24. The molecule has 1 aromatic heterocycles. The Hall–Kier alpha value is -4.40. The van der Waals surface area contributed by atoms with Crippen molar-refractivity contribution in [2.24, 2.45) is 5.92 Å². The topological polar surface area (TPSA) is 107 Å². The predicted molar refractivity (Wildman–Crippen MR) is 146 cm³/mol. The average molecular weight is 540 g/mol. The van der Waals surface area contributed by atoms with Gasteiger partial charge in [0, 0.05) is 24.2 Å². The minimum absolute atomic E-state index is 0.183. The molecule has 6 rings (SSSR count). The van der Waals surface area contributed by atoms with Crippen LogP contribution in [0.2, 0.25) is 0 Å². The Morgan fingerprint density at radius 2 is 1.57 bits per heavy atom. The van der Waals surface area contributed by atoms with Crippen molar-refractivity contribution in [1.82, 2.24) is 4.98 Å². The van der Waals surface area contributed by atoms with E-state index >= 15 is 0 Å². The molecule has 204 valence electrons. The van der Waals surface area contributed by atoms with Gasteiger partial charge in [0.15, 0.2) is 17.0 Å². The molecule has 3 aromatic carbocycles. The second-order valence-corrected chi connectivity index (χ2v) is 9.97. The number of Topliss-reactive ketones (excluding diaryl/α,β-unsaturated/α-hetero) is 1. The van der Waals surface area contributed by atoms with Crippen molar-refractivity contribution in [3.05, 3.63) is 114 Å². The van der Waals surface area contributed by atoms with Crippen LogP contribution in [0.3, 0.4) is 0 Å². The number of carbonyl (C=O) groups is 1. The first-order chi connectivity index (χ1) is 19.4. The summed E-state index contributed by atoms with van der Waals surface area (Å²) in [5, 5.41) is 25.2. The second-order valence-electron chi connectivity index (χ2n) is 9.97. The van der Waals surface area contributed by atoms with E-state index in [0.29, 0.717) is 28.4 Å². The largest absolute Gasteiger partial charge is 0.497 e. The van der Waals surface area contributed by atoms with E-state index in [1.54, 1.807) is 61.7 Å². The molecule has 1 aliphatic carbocycles. The molecule has 1 fully saturated rings. The molecule has 2 aliphatic rings. The highest BCUT2D eigenvalue weighted by Gasteiger charge is 2.78. The third kappa shape index (κ3) is 3.46. The summed E-state index contributed by atoms with van der Waals surface area (Å²) in [4.78, 5) is 18.5. The summed E-state index contributed by atoms with van der Waals surface area (Å²) < 4.78 is 23.4. The minimum Gasteiger partial charge on any atom is -0.497 e. The van der Waals surface area contributed by atoms with Gasteiger partial charge in [0.25, 0.3) is 0 Å². The van der Waals surface area contributed by atoms with Crippen molar-refractivity contribution in [1.29, 1.82) is 0 Å². The fourth-order valence-electron chi connectivity index (χ4n) is 6.47. The van der Waals surface area contributed by atoms with Gasteiger partial charge in [0.05, 0.1) is 32.8 Å². The molecule has 0 radical (unpaired) electrons. The number of hydrogen-bond donors (Lipinski definition) is 2. The lowest BCUT2D eigenvalue weighted by atomic mass is 9.70. The SMILES string of the molecule is COc1ccc([C@@]23Oc4cc(OC)cc(OC)c4[C@]2(O)[C@H](O)[C@H](C(=O)c2ccccn2)[C@H]3c2ccccc2)cc1. The van der Waals surface area contributed by atoms with E-state index in [2.05, 4.69) is 4.98 Å². The maximum Gasteiger partial charge on any atom is 0.187 e. The molecule has 2 heterocycles. The first-order valence-electron chi connectivity index (χ1n) is 12.9. The number of aromatic nitrogens is 1. The number of aliphatic hydroxyl groups excluding tert-OH is 1. The molecule has 4 aromatic rings. The molecule has 0 saturated heterocycles. The van der Waals surface area contributed by atoms with E-state index in [1.807, 2.05) is 30.3 Å². The van der Waals surface area contributed by atoms with Gasteiger partial charge in [-0.15, -0.1) is 0 Å². The van der Waals surface area contributed by atoms with Crippen LogP contribution in [-0.4, -0.2) is 48.4 Å². The number of benzene rings is 3. The number of ketones is 1. The standard InChI is InChI=1S/C32H29NO7/c1-37-21-14-12-20(13-15-21)32-27(19-9-5-4-6-10-19)26(29(34)23-11-7-8-16-33-23)30(35)31(32,36)28-24(39-3)17-22(38-2)18-25(28)40-32/h4-18,26-27,30,35-36H,1-3H3/t26-,27+,30+,31-,32-/m0/s1. The lowest BCUT2D eigenvalue weighted by Gasteiger charge is -2.40. The van der Waals surface area contributed by atoms with Crippen molar-refractivity contribution < 1.29 is 34.0 Å². The van der Waals surface area contributed by atoms with Gasteiger partial charge in [-0.05, 0) is 35.4 Å². The van der Waals surface area contributed by atoms with Crippen molar-refractivity contribution in [2.75, 3.05) is 21.3 Å². The third-order valence-electron chi connectivity index (χ3n) is 8.18. The molecule has 8 nitrogen and oxygen atoms in total. The van der Waals surface area contributed by atoms with Crippen molar-refractivity contribution >= 4 is 5.78 Å². The minimum atomic E-state index is -2.11. The molecule has 2 N–H and O–H groups in total. The second kappa shape index (κ2) is 9.66. The quantitative estimate of drug-likeness (QED) is 0.336. The van der Waals surface area contributed by atoms with Gasteiger partial charge in [-0.3, -0.25) is 9.78 Å². The highest BCUT2D eigenvalue weighted by atomic mass is 16.5. The third-order valence-corrected chi connectivity index (χ3v) is 8.18. The van der Waals surface area contributed by atoms with Gasteiger partial charge in [-0.25, -0.2) is 0 Å². The Labute approximate surface area is 231 Å². The van der Waals surface area contributed by atoms with Gasteiger partial charge in [0.2, 0.25) is 0 Å². The lowest BCUT2D eigenvalue weighted by molar-refractivity contribution is -0.151. The number of aliphatic hydroxyl groups is 2. The molecule has 0 bridgehead atoms. The summed E-state index contributed by atoms with van der Waals surface area (Å²) in [6.45, 7) is 0. The summed E-state index contributed by atoms with van der Waals surface area (Å²) in [5.41, 5.74) is -2.06. The first kappa shape index (κ1) is 25.9. The van der Waals surface area contributed by atoms with Crippen LogP contribution < -0.4 is 18.9 Å². The van der Waals surface area contributed by atoms with Crippen LogP contribution in [0, 0.1) is 5.92 Å². The Morgan fingerprint density at radius 1 is 0.875 bits per heavy atom. The summed E-state index contributed by atoms with van der Waals surface area (Å²) in [5.74, 6) is -0.744. The molecular formula is C32H29NO7. The number of nitrogens with zero attached hydrogens (tertiary/aromatic N) is 1. The lowest BCUT2D eigenvalue weighted by Crippen LogP contribution is -2.52. The Kier molecular flexibility index (Phi) is 6.24. The van der Waals surface area contributed by atoms with Crippen LogP contribution in [0.1, 0.15) is 33.1 Å². The van der Waals surface area contributed by atoms with Crippen LogP contribution in [0.25, 0.3) is 0 Å². The van der Waals surface area contributed by atoms with Crippen LogP contribution in [0.15, 0.2) is 91.1 Å². The molecule has 0 amide bonds. The summed E-state index contributed by atoms with van der Waals surface area (Å²) in [7, 11) is 4.56. The van der Waals surface area contributed by atoms with Crippen molar-refractivity contribution in [3.8, 4) is 23.0 Å². The highest BCUT2D eigenvalue weighted by Crippen LogP contribution is 2.70. The fraction of sp³-hybridized carbons (Fsp3) is 0.250. The molecule has 0 spiro atoms. The number of carbonyl (C=O) groups excluding carboxylic acids is 1. The van der Waals surface area contributed by atoms with Crippen LogP contribution >= 0.6 is 0 Å². The highest BCUT2D eigenvalue weighted by molar-refractivity contribution is 5.98. The number of ether oxygens (including phenoxy) is 4. The van der Waals surface area contributed by atoms with Gasteiger partial charge >= 0.3 is 0 Å². The number of pyridine rings is 1. The maximum atomic E-state index is 14.2. The zero-order chi connectivity index (χ0) is 28.1. The van der Waals surface area contributed by atoms with Gasteiger partial charge in [-0.2, -0.15) is 0 Å². The fourth-order valence-corrected chi connectivity index (χ4v) is 6.47. The average Bonchev–Trinajstić information content (AvgIpc) is 3.39. The summed E-state index contributed by atoms with van der Waals surface area (Å²) in [6, 6.07) is 24.7. The molecule has 0 unspecified atom stereocenters. The van der Waals surface area contributed by atoms with Gasteiger partial charge in [0.1, 0.15) is 34.8 Å². The van der Waals surface area contributed by atoms with E-state index in [-0.39, 0.29) is 17.0 Å². The normalized spacial score (nSPS) is 26.4. The maximum absolute atomic E-state index is 14.2. The first-order valence-corrected chi connectivity index (χ1v) is 12.9. The molecule has 1 saturated carbocycles. The van der Waals surface area contributed by atoms with E-state index in [0.717, 1.165) is 0 Å². The number of rotatable bonds is 7. The Bertz CT molecular complexity index is 1540. The van der Waals surface area contributed by atoms with E-state index in [9.17, 15) is 15.0 Å². The number of fused-ring (bicyclic) bond motifs is 3. The molecular weight excluding hydrogens is 510 g/mol. The molecule has 1 aliphatic heterocycles. The van der Waals surface area contributed by atoms with Gasteiger partial charge < -0.3 is 29.2 Å². The monoisotopic (exact) mass is 539 g/mol. The molecule has 8 heteroatoms. The van der Waals surface area contributed by atoms with Crippen LogP contribution in [0.4, 0.5) is 0 Å². The van der Waals surface area contributed by atoms with Gasteiger partial charge in [-0.1, -0.05) is 48.5 Å². The van der Waals surface area contributed by atoms with E-state index in [4.69, 9.17) is 18.9 Å². The molecule has 5 atom stereocenters. The van der Waals surface area contributed by atoms with E-state index < -0.39 is 34.9 Å². The summed E-state index contributed by atoms with van der Waals surface area (Å²) in [6.07, 6.45) is -0.0695. The van der Waals surface area contributed by atoms with Crippen molar-refractivity contribution in [2.45, 2.75) is 23.2 Å². The van der Waals surface area contributed by atoms with E-state index in [1.165, 1.54) is 20.4 Å².